The van der Waals surface area contributed by atoms with Gasteiger partial charge in [-0.3, -0.25) is 9.59 Å². The van der Waals surface area contributed by atoms with Gasteiger partial charge in [0.1, 0.15) is 6.54 Å². The van der Waals surface area contributed by atoms with Crippen LogP contribution in [0, 0.1) is 0 Å². The molecule has 7 nitrogen and oxygen atoms in total. The minimum Gasteiger partial charge on any atom is -0.468 e. The molecule has 0 saturated carbocycles. The molecular weight excluding hydrogens is 444 g/mol. The third-order valence-electron chi connectivity index (χ3n) is 4.33. The maximum absolute atomic E-state index is 12.6. The zero-order valence-corrected chi connectivity index (χ0v) is 19.1. The van der Waals surface area contributed by atoms with Crippen LogP contribution in [0.1, 0.15) is 5.56 Å². The quantitative estimate of drug-likeness (QED) is 0.411. The number of esters is 1. The van der Waals surface area contributed by atoms with Crippen molar-refractivity contribution < 1.29 is 22.7 Å². The second-order valence-corrected chi connectivity index (χ2v) is 10.4. The molecule has 0 aliphatic rings. The average Bonchev–Trinajstić information content (AvgIpc) is 3.03. The lowest BCUT2D eigenvalue weighted by atomic mass is 10.1. The first-order valence-corrected chi connectivity index (χ1v) is 12.8. The summed E-state index contributed by atoms with van der Waals surface area (Å²) in [6.45, 7) is -0.0513. The smallest absolute Gasteiger partial charge is 0.325 e. The summed E-state index contributed by atoms with van der Waals surface area (Å²) in [7, 11) is -1.98. The maximum Gasteiger partial charge on any atom is 0.325 e. The Labute approximate surface area is 182 Å². The lowest BCUT2D eigenvalue weighted by Crippen LogP contribution is -2.22. The van der Waals surface area contributed by atoms with Gasteiger partial charge >= 0.3 is 5.97 Å². The molecule has 0 fully saturated rings. The predicted octanol–water partition coefficient (Wildman–Crippen LogP) is 2.67. The van der Waals surface area contributed by atoms with E-state index in [0.717, 1.165) is 21.4 Å². The fraction of sp³-hybridized carbons (Fsp3) is 0.250. The number of hydrogen-bond donors (Lipinski definition) is 0. The van der Waals surface area contributed by atoms with E-state index in [4.69, 9.17) is 4.74 Å². The van der Waals surface area contributed by atoms with Crippen molar-refractivity contribution >= 4 is 55.0 Å². The lowest BCUT2D eigenvalue weighted by Gasteiger charge is -2.04. The van der Waals surface area contributed by atoms with Crippen molar-refractivity contribution in [1.82, 2.24) is 4.57 Å². The van der Waals surface area contributed by atoms with Crippen LogP contribution in [0.4, 0.5) is 0 Å². The summed E-state index contributed by atoms with van der Waals surface area (Å²) in [5.41, 5.74) is 1.45. The molecule has 0 radical (unpaired) electrons. The number of nitrogens with zero attached hydrogens (tertiary/aromatic N) is 2. The summed E-state index contributed by atoms with van der Waals surface area (Å²) in [5.74, 6) is -0.828. The van der Waals surface area contributed by atoms with Crippen molar-refractivity contribution in [3.05, 3.63) is 52.8 Å². The Morgan fingerprint density at radius 3 is 2.47 bits per heavy atom. The van der Waals surface area contributed by atoms with Crippen LogP contribution >= 0.6 is 23.1 Å². The van der Waals surface area contributed by atoms with Gasteiger partial charge < -0.3 is 9.30 Å². The zero-order valence-electron chi connectivity index (χ0n) is 16.6. The molecule has 1 amide bonds. The van der Waals surface area contributed by atoms with E-state index in [0.29, 0.717) is 10.4 Å². The van der Waals surface area contributed by atoms with Crippen LogP contribution in [-0.4, -0.2) is 44.5 Å². The number of hydrogen-bond acceptors (Lipinski definition) is 7. The largest absolute Gasteiger partial charge is 0.468 e. The van der Waals surface area contributed by atoms with Crippen LogP contribution < -0.4 is 4.80 Å². The number of fused-ring (bicyclic) bond motifs is 1. The molecule has 0 N–H and O–H groups in total. The molecule has 2 aromatic carbocycles. The first-order valence-electron chi connectivity index (χ1n) is 8.82. The topological polar surface area (TPSA) is 94.8 Å². The van der Waals surface area contributed by atoms with Gasteiger partial charge in [0.15, 0.2) is 14.6 Å². The highest BCUT2D eigenvalue weighted by atomic mass is 32.2. The molecular formula is C20H20N2O5S3. The molecule has 0 aliphatic carbocycles. The highest BCUT2D eigenvalue weighted by Crippen LogP contribution is 2.24. The molecule has 1 aromatic heterocycles. The van der Waals surface area contributed by atoms with Gasteiger partial charge in [0.05, 0.1) is 28.6 Å². The summed E-state index contributed by atoms with van der Waals surface area (Å²) in [6.07, 6.45) is 3.13. The van der Waals surface area contributed by atoms with Gasteiger partial charge in [-0.2, -0.15) is 4.99 Å². The molecule has 0 atom stereocenters. The average molecular weight is 465 g/mol. The van der Waals surface area contributed by atoms with Gasteiger partial charge in [0.25, 0.3) is 5.91 Å². The summed E-state index contributed by atoms with van der Waals surface area (Å²) >= 11 is 2.93. The monoisotopic (exact) mass is 464 g/mol. The molecule has 1 heterocycles. The molecule has 0 spiro atoms. The van der Waals surface area contributed by atoms with Crippen LogP contribution in [0.2, 0.25) is 0 Å². The Bertz CT molecular complexity index is 1270. The third kappa shape index (κ3) is 5.18. The van der Waals surface area contributed by atoms with Crippen molar-refractivity contribution in [2.24, 2.45) is 4.99 Å². The number of amides is 1. The highest BCUT2D eigenvalue weighted by Gasteiger charge is 2.13. The number of thioether (sulfide) groups is 1. The zero-order chi connectivity index (χ0) is 21.9. The van der Waals surface area contributed by atoms with Gasteiger partial charge in [-0.25, -0.2) is 8.42 Å². The van der Waals surface area contributed by atoms with Crippen LogP contribution in [0.15, 0.2) is 57.2 Å². The number of thiazole rings is 1. The Balaban J connectivity index is 1.96. The molecule has 10 heteroatoms. The normalized spacial score (nSPS) is 12.3. The van der Waals surface area contributed by atoms with Gasteiger partial charge in [-0.1, -0.05) is 23.5 Å². The van der Waals surface area contributed by atoms with Gasteiger partial charge in [0.2, 0.25) is 0 Å². The number of rotatable bonds is 6. The molecule has 0 unspecified atom stereocenters. The van der Waals surface area contributed by atoms with Gasteiger partial charge in [0, 0.05) is 11.2 Å². The lowest BCUT2D eigenvalue weighted by molar-refractivity contribution is -0.141. The fourth-order valence-electron chi connectivity index (χ4n) is 2.79. The maximum atomic E-state index is 12.6. The first-order chi connectivity index (χ1) is 14.2. The minimum atomic E-state index is -3.29. The standard InChI is InChI=1S/C20H20N2O5S3/c1-27-19(24)12-22-16-9-6-14(28-2)11-17(16)29-20(22)21-18(23)10-13-4-7-15(8-5-13)30(3,25)26/h4-9,11H,10,12H2,1-3H3. The fourth-order valence-corrected chi connectivity index (χ4v) is 5.02. The Kier molecular flexibility index (Phi) is 6.79. The number of ether oxygens (including phenoxy) is 1. The van der Waals surface area contributed by atoms with Gasteiger partial charge in [-0.15, -0.1) is 11.8 Å². The predicted molar refractivity (Wildman–Crippen MR) is 117 cm³/mol. The molecule has 0 bridgehead atoms. The van der Waals surface area contributed by atoms with E-state index in [9.17, 15) is 18.0 Å². The number of carbonyl (C=O) groups is 2. The SMILES string of the molecule is COC(=O)Cn1c(=NC(=O)Cc2ccc(S(C)(=O)=O)cc2)sc2cc(SC)ccc21. The van der Waals surface area contributed by atoms with E-state index in [2.05, 4.69) is 4.99 Å². The van der Waals surface area contributed by atoms with Crippen molar-refractivity contribution in [1.29, 1.82) is 0 Å². The van der Waals surface area contributed by atoms with Crippen molar-refractivity contribution in [2.45, 2.75) is 22.8 Å². The Hall–Kier alpha value is -2.43. The summed E-state index contributed by atoms with van der Waals surface area (Å²) in [4.78, 5) is 30.3. The van der Waals surface area contributed by atoms with Crippen LogP contribution in [-0.2, 0) is 37.1 Å². The van der Waals surface area contributed by atoms with Crippen molar-refractivity contribution in [2.75, 3.05) is 19.6 Å². The van der Waals surface area contributed by atoms with Gasteiger partial charge in [-0.05, 0) is 42.2 Å². The number of sulfone groups is 1. The Morgan fingerprint density at radius 1 is 1.17 bits per heavy atom. The van der Waals surface area contributed by atoms with E-state index >= 15 is 0 Å². The van der Waals surface area contributed by atoms with Crippen LogP contribution in [0.25, 0.3) is 10.2 Å². The van der Waals surface area contributed by atoms with E-state index < -0.39 is 21.7 Å². The Morgan fingerprint density at radius 2 is 1.87 bits per heavy atom. The molecule has 30 heavy (non-hydrogen) atoms. The molecule has 0 aliphatic heterocycles. The van der Waals surface area contributed by atoms with E-state index in [1.165, 1.54) is 30.6 Å². The third-order valence-corrected chi connectivity index (χ3v) is 7.23. The van der Waals surface area contributed by atoms with Crippen LogP contribution in [0.5, 0.6) is 0 Å². The number of aromatic nitrogens is 1. The van der Waals surface area contributed by atoms with Crippen molar-refractivity contribution in [3.8, 4) is 0 Å². The number of methoxy groups -OCH3 is 1. The summed E-state index contributed by atoms with van der Waals surface area (Å²) in [6, 6.07) is 12.0. The summed E-state index contributed by atoms with van der Waals surface area (Å²) in [5, 5.41) is 0. The van der Waals surface area contributed by atoms with E-state index in [-0.39, 0.29) is 17.9 Å². The minimum absolute atomic E-state index is 0.0204. The van der Waals surface area contributed by atoms with Crippen molar-refractivity contribution in [3.63, 3.8) is 0 Å². The molecule has 3 aromatic rings. The molecule has 158 valence electrons. The number of carbonyl (C=O) groups excluding carboxylic acids is 2. The molecule has 0 saturated heterocycles. The molecule has 3 rings (SSSR count). The van der Waals surface area contributed by atoms with Crippen LogP contribution in [0.3, 0.4) is 0 Å². The summed E-state index contributed by atoms with van der Waals surface area (Å²) < 4.78 is 30.5. The number of benzene rings is 2. The highest BCUT2D eigenvalue weighted by molar-refractivity contribution is 7.98. The first kappa shape index (κ1) is 22.3. The van der Waals surface area contributed by atoms with E-state index in [1.807, 2.05) is 24.5 Å². The second kappa shape index (κ2) is 9.15. The van der Waals surface area contributed by atoms with E-state index in [1.54, 1.807) is 28.5 Å². The second-order valence-electron chi connectivity index (χ2n) is 6.48.